The Morgan fingerprint density at radius 3 is 2.50 bits per heavy atom. The number of halogens is 1. The maximum absolute atomic E-state index is 12.9. The molecule has 6 heteroatoms. The highest BCUT2D eigenvalue weighted by molar-refractivity contribution is 5.77. The smallest absolute Gasteiger partial charge is 0.246 e. The Kier molecular flexibility index (Phi) is 8.65. The van der Waals surface area contributed by atoms with Gasteiger partial charge in [0.2, 0.25) is 5.91 Å². The summed E-state index contributed by atoms with van der Waals surface area (Å²) in [5, 5.41) is 9.91. The number of para-hydroxylation sites is 1. The summed E-state index contributed by atoms with van der Waals surface area (Å²) in [5.74, 6) is 0.145. The van der Waals surface area contributed by atoms with Crippen molar-refractivity contribution in [2.24, 2.45) is 0 Å². The van der Waals surface area contributed by atoms with E-state index in [9.17, 15) is 9.18 Å². The van der Waals surface area contributed by atoms with Gasteiger partial charge in [0.25, 0.3) is 0 Å². The number of ether oxygens (including phenoxy) is 1. The number of nitrogens with one attached hydrogen (secondary N) is 3. The van der Waals surface area contributed by atoms with Crippen molar-refractivity contribution < 1.29 is 13.9 Å². The first kappa shape index (κ1) is 23.9. The zero-order valence-electron chi connectivity index (χ0n) is 19.4. The van der Waals surface area contributed by atoms with E-state index in [1.54, 1.807) is 12.1 Å². The quantitative estimate of drug-likeness (QED) is 0.350. The van der Waals surface area contributed by atoms with Crippen LogP contribution in [0.1, 0.15) is 34.6 Å². The number of anilines is 1. The molecule has 5 nitrogen and oxygen atoms in total. The van der Waals surface area contributed by atoms with E-state index in [2.05, 4.69) is 64.5 Å². The monoisotopic (exact) mass is 461 g/mol. The third-order valence-electron chi connectivity index (χ3n) is 6.11. The largest absolute Gasteiger partial charge is 0.384 e. The molecule has 34 heavy (non-hydrogen) atoms. The van der Waals surface area contributed by atoms with E-state index < -0.39 is 0 Å². The molecule has 4 rings (SSSR count). The van der Waals surface area contributed by atoms with E-state index in [1.807, 2.05) is 0 Å². The first-order valence-electron chi connectivity index (χ1n) is 11.9. The minimum Gasteiger partial charge on any atom is -0.384 e. The van der Waals surface area contributed by atoms with Crippen LogP contribution < -0.4 is 16.0 Å². The molecular weight excluding hydrogens is 429 g/mol. The molecule has 0 saturated heterocycles. The molecule has 0 fully saturated rings. The Morgan fingerprint density at radius 1 is 0.941 bits per heavy atom. The molecule has 3 aromatic rings. The molecule has 1 heterocycles. The number of fused-ring (bicyclic) bond motifs is 1. The Morgan fingerprint density at radius 2 is 1.68 bits per heavy atom. The molecule has 1 unspecified atom stereocenters. The third-order valence-corrected chi connectivity index (χ3v) is 6.11. The number of hydrogen-bond acceptors (Lipinski definition) is 4. The molecule has 0 aliphatic carbocycles. The fraction of sp³-hybridized carbons (Fsp3) is 0.321. The van der Waals surface area contributed by atoms with Crippen molar-refractivity contribution >= 4 is 11.6 Å². The predicted octanol–water partition coefficient (Wildman–Crippen LogP) is 4.39. The molecule has 1 aliphatic rings. The lowest BCUT2D eigenvalue weighted by molar-refractivity contribution is -0.126. The van der Waals surface area contributed by atoms with Gasteiger partial charge in [-0.15, -0.1) is 0 Å². The SMILES string of the molecule is O=C(COCc1ccc(F)cc1)NCCc1ccc(CNCCC2CNc3ccccc32)cc1. The van der Waals surface area contributed by atoms with Crippen LogP contribution in [0, 0.1) is 5.82 Å². The van der Waals surface area contributed by atoms with Gasteiger partial charge in [-0.3, -0.25) is 4.79 Å². The minimum atomic E-state index is -0.283. The molecular formula is C28H32FN3O2. The average Bonchev–Trinajstić information content (AvgIpc) is 3.27. The van der Waals surface area contributed by atoms with Crippen LogP contribution in [0.5, 0.6) is 0 Å². The van der Waals surface area contributed by atoms with Crippen LogP contribution in [0.15, 0.2) is 72.8 Å². The van der Waals surface area contributed by atoms with Crippen molar-refractivity contribution in [1.29, 1.82) is 0 Å². The topological polar surface area (TPSA) is 62.4 Å². The number of benzene rings is 3. The molecule has 3 N–H and O–H groups in total. The molecule has 3 aromatic carbocycles. The van der Waals surface area contributed by atoms with E-state index in [-0.39, 0.29) is 24.9 Å². The van der Waals surface area contributed by atoms with E-state index in [4.69, 9.17) is 4.74 Å². The van der Waals surface area contributed by atoms with Crippen LogP contribution in [-0.4, -0.2) is 32.1 Å². The van der Waals surface area contributed by atoms with Crippen LogP contribution in [0.2, 0.25) is 0 Å². The number of amides is 1. The highest BCUT2D eigenvalue weighted by atomic mass is 19.1. The van der Waals surface area contributed by atoms with Crippen LogP contribution in [0.4, 0.5) is 10.1 Å². The maximum atomic E-state index is 12.9. The predicted molar refractivity (Wildman–Crippen MR) is 133 cm³/mol. The van der Waals surface area contributed by atoms with Crippen molar-refractivity contribution in [3.63, 3.8) is 0 Å². The lowest BCUT2D eigenvalue weighted by Gasteiger charge is -2.11. The van der Waals surface area contributed by atoms with Gasteiger partial charge in [-0.2, -0.15) is 0 Å². The fourth-order valence-corrected chi connectivity index (χ4v) is 4.19. The highest BCUT2D eigenvalue weighted by Crippen LogP contribution is 2.32. The molecule has 0 saturated carbocycles. The first-order valence-corrected chi connectivity index (χ1v) is 11.9. The second kappa shape index (κ2) is 12.3. The molecule has 1 atom stereocenters. The summed E-state index contributed by atoms with van der Waals surface area (Å²) in [6.45, 7) is 3.69. The third kappa shape index (κ3) is 7.14. The maximum Gasteiger partial charge on any atom is 0.246 e. The van der Waals surface area contributed by atoms with Crippen molar-refractivity contribution in [2.45, 2.75) is 31.9 Å². The van der Waals surface area contributed by atoms with E-state index in [0.29, 0.717) is 12.5 Å². The second-order valence-electron chi connectivity index (χ2n) is 8.67. The summed E-state index contributed by atoms with van der Waals surface area (Å²) in [5.41, 5.74) is 5.98. The van der Waals surface area contributed by atoms with Crippen molar-refractivity contribution in [2.75, 3.05) is 31.6 Å². The fourth-order valence-electron chi connectivity index (χ4n) is 4.19. The Balaban J connectivity index is 1.07. The first-order chi connectivity index (χ1) is 16.7. The Labute approximate surface area is 200 Å². The van der Waals surface area contributed by atoms with Gasteiger partial charge < -0.3 is 20.7 Å². The van der Waals surface area contributed by atoms with Gasteiger partial charge in [0.1, 0.15) is 12.4 Å². The van der Waals surface area contributed by atoms with Crippen LogP contribution >= 0.6 is 0 Å². The molecule has 0 bridgehead atoms. The van der Waals surface area contributed by atoms with E-state index in [0.717, 1.165) is 38.0 Å². The summed E-state index contributed by atoms with van der Waals surface area (Å²) < 4.78 is 18.3. The van der Waals surface area contributed by atoms with Gasteiger partial charge in [-0.05, 0) is 59.8 Å². The lowest BCUT2D eigenvalue weighted by Crippen LogP contribution is -2.29. The van der Waals surface area contributed by atoms with E-state index in [1.165, 1.54) is 34.5 Å². The minimum absolute atomic E-state index is 0.00944. The zero-order chi connectivity index (χ0) is 23.6. The van der Waals surface area contributed by atoms with Crippen molar-refractivity contribution in [3.05, 3.63) is 101 Å². The summed E-state index contributed by atoms with van der Waals surface area (Å²) in [4.78, 5) is 11.9. The summed E-state index contributed by atoms with van der Waals surface area (Å²) in [6, 6.07) is 23.2. The van der Waals surface area contributed by atoms with Gasteiger partial charge in [0.05, 0.1) is 6.61 Å². The van der Waals surface area contributed by atoms with Crippen LogP contribution in [-0.2, 0) is 29.1 Å². The molecule has 0 radical (unpaired) electrons. The number of carbonyl (C=O) groups excluding carboxylic acids is 1. The normalized spacial score (nSPS) is 14.4. The second-order valence-corrected chi connectivity index (χ2v) is 8.67. The molecule has 1 amide bonds. The lowest BCUT2D eigenvalue weighted by atomic mass is 9.98. The summed E-state index contributed by atoms with van der Waals surface area (Å²) >= 11 is 0. The van der Waals surface area contributed by atoms with Gasteiger partial charge in [0, 0.05) is 31.2 Å². The summed E-state index contributed by atoms with van der Waals surface area (Å²) in [7, 11) is 0. The van der Waals surface area contributed by atoms with Gasteiger partial charge in [-0.25, -0.2) is 4.39 Å². The Hall–Kier alpha value is -3.22. The van der Waals surface area contributed by atoms with Crippen LogP contribution in [0.25, 0.3) is 0 Å². The van der Waals surface area contributed by atoms with Gasteiger partial charge in [-0.1, -0.05) is 54.6 Å². The van der Waals surface area contributed by atoms with Crippen molar-refractivity contribution in [1.82, 2.24) is 10.6 Å². The highest BCUT2D eigenvalue weighted by Gasteiger charge is 2.20. The zero-order valence-corrected chi connectivity index (χ0v) is 19.4. The van der Waals surface area contributed by atoms with E-state index >= 15 is 0 Å². The molecule has 178 valence electrons. The molecule has 0 aromatic heterocycles. The molecule has 0 spiro atoms. The number of hydrogen-bond donors (Lipinski definition) is 3. The average molecular weight is 462 g/mol. The van der Waals surface area contributed by atoms with Crippen molar-refractivity contribution in [3.8, 4) is 0 Å². The summed E-state index contributed by atoms with van der Waals surface area (Å²) in [6.07, 6.45) is 1.89. The van der Waals surface area contributed by atoms with Gasteiger partial charge in [0.15, 0.2) is 0 Å². The molecule has 1 aliphatic heterocycles. The van der Waals surface area contributed by atoms with Crippen LogP contribution in [0.3, 0.4) is 0 Å². The number of rotatable bonds is 12. The number of carbonyl (C=O) groups is 1. The Bertz CT molecular complexity index is 1050. The standard InChI is InChI=1S/C28H32FN3O2/c29-25-11-9-23(10-12-25)19-34-20-28(33)31-16-13-21-5-7-22(8-6-21)17-30-15-14-24-18-32-27-4-2-1-3-26(24)27/h1-12,24,30,32H,13-20H2,(H,31,33). The van der Waals surface area contributed by atoms with Gasteiger partial charge >= 0.3 is 0 Å².